The van der Waals surface area contributed by atoms with E-state index in [9.17, 15) is 4.79 Å². The van der Waals surface area contributed by atoms with Gasteiger partial charge in [0.05, 0.1) is 0 Å². The molecule has 4 N–H and O–H groups in total. The molecule has 0 bridgehead atoms. The van der Waals surface area contributed by atoms with Crippen molar-refractivity contribution in [3.05, 3.63) is 41.1 Å². The summed E-state index contributed by atoms with van der Waals surface area (Å²) < 4.78 is 0. The SMILES string of the molecule is CCc1cccc(C(C)(C)C)c1NC(=S)N/C=C(\C#N)C(N)=O. The second kappa shape index (κ2) is 7.75. The molecule has 0 aliphatic carbocycles. The molecule has 1 amide bonds. The smallest absolute Gasteiger partial charge is 0.260 e. The average Bonchev–Trinajstić information content (AvgIpc) is 2.46. The van der Waals surface area contributed by atoms with Crippen LogP contribution in [0.5, 0.6) is 0 Å². The summed E-state index contributed by atoms with van der Waals surface area (Å²) >= 11 is 5.25. The lowest BCUT2D eigenvalue weighted by Crippen LogP contribution is -2.28. The molecular weight excluding hydrogens is 308 g/mol. The first-order chi connectivity index (χ1) is 10.7. The van der Waals surface area contributed by atoms with Crippen molar-refractivity contribution in [3.8, 4) is 6.07 Å². The predicted molar refractivity (Wildman–Crippen MR) is 96.8 cm³/mol. The van der Waals surface area contributed by atoms with E-state index in [1.54, 1.807) is 6.07 Å². The molecule has 0 unspecified atom stereocenters. The lowest BCUT2D eigenvalue weighted by molar-refractivity contribution is -0.114. The number of aryl methyl sites for hydroxylation is 1. The Bertz CT molecular complexity index is 681. The summed E-state index contributed by atoms with van der Waals surface area (Å²) in [6, 6.07) is 7.85. The highest BCUT2D eigenvalue weighted by molar-refractivity contribution is 7.80. The molecule has 0 atom stereocenters. The molecule has 0 aromatic heterocycles. The summed E-state index contributed by atoms with van der Waals surface area (Å²) in [6.45, 7) is 8.46. The number of nitriles is 1. The second-order valence-corrected chi connectivity index (χ2v) is 6.48. The van der Waals surface area contributed by atoms with E-state index < -0.39 is 5.91 Å². The van der Waals surface area contributed by atoms with Gasteiger partial charge in [-0.25, -0.2) is 0 Å². The fourth-order valence-corrected chi connectivity index (χ4v) is 2.27. The molecule has 0 aliphatic heterocycles. The van der Waals surface area contributed by atoms with Crippen LogP contribution in [-0.4, -0.2) is 11.0 Å². The van der Waals surface area contributed by atoms with E-state index >= 15 is 0 Å². The minimum absolute atomic E-state index is 0.0516. The molecule has 0 spiro atoms. The zero-order valence-electron chi connectivity index (χ0n) is 13.9. The van der Waals surface area contributed by atoms with Crippen LogP contribution in [-0.2, 0) is 16.6 Å². The van der Waals surface area contributed by atoms with E-state index in [1.165, 1.54) is 6.20 Å². The second-order valence-electron chi connectivity index (χ2n) is 6.08. The number of benzene rings is 1. The number of thiocarbonyl (C=S) groups is 1. The molecule has 0 heterocycles. The summed E-state index contributed by atoms with van der Waals surface area (Å²) in [6.07, 6.45) is 2.07. The van der Waals surface area contributed by atoms with Crippen LogP contribution >= 0.6 is 12.2 Å². The Morgan fingerprint density at radius 1 is 1.43 bits per heavy atom. The summed E-state index contributed by atoms with van der Waals surface area (Å²) in [7, 11) is 0. The van der Waals surface area contributed by atoms with Crippen molar-refractivity contribution in [2.24, 2.45) is 5.73 Å². The van der Waals surface area contributed by atoms with Crippen LogP contribution < -0.4 is 16.4 Å². The topological polar surface area (TPSA) is 90.9 Å². The van der Waals surface area contributed by atoms with Gasteiger partial charge in [0.1, 0.15) is 11.6 Å². The number of anilines is 1. The number of nitrogens with zero attached hydrogens (tertiary/aromatic N) is 1. The van der Waals surface area contributed by atoms with Gasteiger partial charge in [-0.05, 0) is 35.2 Å². The highest BCUT2D eigenvalue weighted by Crippen LogP contribution is 2.32. The Labute approximate surface area is 142 Å². The van der Waals surface area contributed by atoms with Gasteiger partial charge in [-0.2, -0.15) is 5.26 Å². The largest absolute Gasteiger partial charge is 0.365 e. The summed E-state index contributed by atoms with van der Waals surface area (Å²) in [5.74, 6) is -0.799. The fourth-order valence-electron chi connectivity index (χ4n) is 2.11. The fraction of sp³-hybridized carbons (Fsp3) is 0.353. The number of amides is 1. The van der Waals surface area contributed by atoms with Crippen molar-refractivity contribution in [1.82, 2.24) is 5.32 Å². The molecular formula is C17H22N4OS. The van der Waals surface area contributed by atoms with Crippen molar-refractivity contribution >= 4 is 28.9 Å². The van der Waals surface area contributed by atoms with Crippen molar-refractivity contribution in [1.29, 1.82) is 5.26 Å². The number of carbonyl (C=O) groups is 1. The zero-order chi connectivity index (χ0) is 17.6. The van der Waals surface area contributed by atoms with Gasteiger partial charge in [0.2, 0.25) is 0 Å². The number of carbonyl (C=O) groups excluding carboxylic acids is 1. The monoisotopic (exact) mass is 330 g/mol. The molecule has 1 aromatic rings. The standard InChI is InChI=1S/C17H22N4OS/c1-5-11-7-6-8-13(17(2,3)4)14(11)21-16(23)20-10-12(9-18)15(19)22/h6-8,10H,5H2,1-4H3,(H2,19,22)(H2,20,21,23)/b12-10+. The van der Waals surface area contributed by atoms with E-state index in [0.29, 0.717) is 5.11 Å². The number of hydrogen-bond donors (Lipinski definition) is 3. The average molecular weight is 330 g/mol. The van der Waals surface area contributed by atoms with Crippen LogP contribution in [0.4, 0.5) is 5.69 Å². The molecule has 1 rings (SSSR count). The minimum atomic E-state index is -0.799. The Kier molecular flexibility index (Phi) is 6.28. The number of hydrogen-bond acceptors (Lipinski definition) is 3. The maximum absolute atomic E-state index is 11.0. The van der Waals surface area contributed by atoms with Crippen LogP contribution in [0.15, 0.2) is 30.0 Å². The Balaban J connectivity index is 3.07. The molecule has 23 heavy (non-hydrogen) atoms. The van der Waals surface area contributed by atoms with Gasteiger partial charge in [0, 0.05) is 11.9 Å². The van der Waals surface area contributed by atoms with Gasteiger partial charge in [-0.15, -0.1) is 0 Å². The van der Waals surface area contributed by atoms with Gasteiger partial charge in [-0.3, -0.25) is 4.79 Å². The van der Waals surface area contributed by atoms with E-state index in [0.717, 1.165) is 23.2 Å². The Morgan fingerprint density at radius 2 is 2.09 bits per heavy atom. The first-order valence-corrected chi connectivity index (χ1v) is 7.71. The van der Waals surface area contributed by atoms with Gasteiger partial charge >= 0.3 is 0 Å². The molecule has 0 radical (unpaired) electrons. The highest BCUT2D eigenvalue weighted by Gasteiger charge is 2.20. The number of para-hydroxylation sites is 1. The molecule has 122 valence electrons. The van der Waals surface area contributed by atoms with Crippen LogP contribution in [0.2, 0.25) is 0 Å². The predicted octanol–water partition coefficient (Wildman–Crippen LogP) is 2.73. The molecule has 0 saturated heterocycles. The molecule has 0 fully saturated rings. The zero-order valence-corrected chi connectivity index (χ0v) is 14.7. The Morgan fingerprint density at radius 3 is 2.57 bits per heavy atom. The quantitative estimate of drug-likeness (QED) is 0.448. The minimum Gasteiger partial charge on any atom is -0.365 e. The van der Waals surface area contributed by atoms with Gasteiger partial charge in [0.25, 0.3) is 5.91 Å². The highest BCUT2D eigenvalue weighted by atomic mass is 32.1. The number of primary amides is 1. The lowest BCUT2D eigenvalue weighted by atomic mass is 9.84. The first kappa shape index (κ1) is 18.7. The molecule has 5 nitrogen and oxygen atoms in total. The van der Waals surface area contributed by atoms with Crippen LogP contribution in [0.1, 0.15) is 38.8 Å². The summed E-state index contributed by atoms with van der Waals surface area (Å²) in [5, 5.41) is 15.0. The third-order valence-corrected chi connectivity index (χ3v) is 3.53. The van der Waals surface area contributed by atoms with E-state index in [1.807, 2.05) is 12.1 Å². The normalized spacial score (nSPS) is 11.5. The van der Waals surface area contributed by atoms with Gasteiger partial charge in [-0.1, -0.05) is 45.9 Å². The van der Waals surface area contributed by atoms with Gasteiger partial charge < -0.3 is 16.4 Å². The Hall–Kier alpha value is -2.39. The summed E-state index contributed by atoms with van der Waals surface area (Å²) in [5.41, 5.74) is 8.07. The van der Waals surface area contributed by atoms with Crippen molar-refractivity contribution < 1.29 is 4.79 Å². The number of nitrogens with one attached hydrogen (secondary N) is 2. The van der Waals surface area contributed by atoms with E-state index in [-0.39, 0.29) is 11.0 Å². The number of rotatable bonds is 4. The van der Waals surface area contributed by atoms with Crippen molar-refractivity contribution in [2.75, 3.05) is 5.32 Å². The molecule has 1 aromatic carbocycles. The summed E-state index contributed by atoms with van der Waals surface area (Å²) in [4.78, 5) is 11.0. The van der Waals surface area contributed by atoms with Crippen LogP contribution in [0.25, 0.3) is 0 Å². The molecule has 0 saturated carbocycles. The molecule has 6 heteroatoms. The first-order valence-electron chi connectivity index (χ1n) is 7.30. The molecule has 0 aliphatic rings. The van der Waals surface area contributed by atoms with Gasteiger partial charge in [0.15, 0.2) is 5.11 Å². The maximum Gasteiger partial charge on any atom is 0.260 e. The third kappa shape index (κ3) is 5.08. The number of nitrogens with two attached hydrogens (primary N) is 1. The van der Waals surface area contributed by atoms with Crippen molar-refractivity contribution in [3.63, 3.8) is 0 Å². The van der Waals surface area contributed by atoms with E-state index in [4.69, 9.17) is 23.2 Å². The third-order valence-electron chi connectivity index (χ3n) is 3.31. The van der Waals surface area contributed by atoms with Crippen LogP contribution in [0.3, 0.4) is 0 Å². The lowest BCUT2D eigenvalue weighted by Gasteiger charge is -2.25. The van der Waals surface area contributed by atoms with Crippen molar-refractivity contribution in [2.45, 2.75) is 39.5 Å². The van der Waals surface area contributed by atoms with Crippen LogP contribution in [0, 0.1) is 11.3 Å². The maximum atomic E-state index is 11.0. The van der Waals surface area contributed by atoms with E-state index in [2.05, 4.69) is 44.4 Å².